The van der Waals surface area contributed by atoms with E-state index in [-0.39, 0.29) is 29.5 Å². The molecule has 1 saturated heterocycles. The van der Waals surface area contributed by atoms with E-state index in [1.807, 2.05) is 25.1 Å². The van der Waals surface area contributed by atoms with E-state index in [0.717, 1.165) is 18.7 Å². The van der Waals surface area contributed by atoms with Crippen molar-refractivity contribution in [3.8, 4) is 0 Å². The third kappa shape index (κ3) is 2.72. The van der Waals surface area contributed by atoms with Crippen LogP contribution in [0.25, 0.3) is 0 Å². The first kappa shape index (κ1) is 15.3. The largest absolute Gasteiger partial charge is 0.359 e. The van der Waals surface area contributed by atoms with Gasteiger partial charge in [-0.2, -0.15) is 0 Å². The number of para-hydroxylation sites is 1. The summed E-state index contributed by atoms with van der Waals surface area (Å²) in [6.07, 6.45) is 1.50. The van der Waals surface area contributed by atoms with Crippen molar-refractivity contribution in [3.63, 3.8) is 0 Å². The molecule has 1 aromatic rings. The van der Waals surface area contributed by atoms with Gasteiger partial charge in [-0.1, -0.05) is 18.2 Å². The van der Waals surface area contributed by atoms with Crippen LogP contribution in [0.1, 0.15) is 18.9 Å². The number of sulfone groups is 1. The highest BCUT2D eigenvalue weighted by Gasteiger charge is 2.36. The second-order valence-electron chi connectivity index (χ2n) is 6.25. The van der Waals surface area contributed by atoms with E-state index in [1.54, 1.807) is 11.9 Å². The molecule has 22 heavy (non-hydrogen) atoms. The number of nitrogens with zero attached hydrogens (tertiary/aromatic N) is 2. The molecule has 2 aliphatic rings. The van der Waals surface area contributed by atoms with E-state index in [4.69, 9.17) is 0 Å². The molecule has 0 radical (unpaired) electrons. The predicted octanol–water partition coefficient (Wildman–Crippen LogP) is 1.08. The number of hydrogen-bond acceptors (Lipinski definition) is 4. The molecular weight excluding hydrogens is 300 g/mol. The van der Waals surface area contributed by atoms with E-state index < -0.39 is 9.84 Å². The monoisotopic (exact) mass is 322 g/mol. The van der Waals surface area contributed by atoms with Gasteiger partial charge in [0.05, 0.1) is 11.5 Å². The van der Waals surface area contributed by atoms with Crippen molar-refractivity contribution in [1.29, 1.82) is 0 Å². The standard InChI is InChI=1S/C16H22N2O3S/c1-12(18-9-7-13-5-3-4-6-15(13)18)16(19)17(2)14-8-10-22(20,21)11-14/h3-6,12,14H,7-11H2,1-2H3/t12-,14+/m0/s1. The van der Waals surface area contributed by atoms with Crippen molar-refractivity contribution in [1.82, 2.24) is 4.90 Å². The lowest BCUT2D eigenvalue weighted by Crippen LogP contribution is -2.49. The van der Waals surface area contributed by atoms with Crippen LogP contribution in [0.15, 0.2) is 24.3 Å². The third-order valence-corrected chi connectivity index (χ3v) is 6.60. The summed E-state index contributed by atoms with van der Waals surface area (Å²) in [5.41, 5.74) is 2.39. The lowest BCUT2D eigenvalue weighted by Gasteiger charge is -2.32. The Kier molecular flexibility index (Phi) is 3.89. The first-order valence-electron chi connectivity index (χ1n) is 7.71. The number of rotatable bonds is 3. The van der Waals surface area contributed by atoms with Gasteiger partial charge < -0.3 is 9.80 Å². The zero-order valence-corrected chi connectivity index (χ0v) is 13.8. The quantitative estimate of drug-likeness (QED) is 0.836. The second kappa shape index (κ2) is 5.57. The molecule has 3 rings (SSSR count). The molecular formula is C16H22N2O3S. The van der Waals surface area contributed by atoms with Crippen LogP contribution in [0.5, 0.6) is 0 Å². The summed E-state index contributed by atoms with van der Waals surface area (Å²) < 4.78 is 23.2. The van der Waals surface area contributed by atoms with Crippen molar-refractivity contribution >= 4 is 21.4 Å². The molecule has 0 bridgehead atoms. The van der Waals surface area contributed by atoms with E-state index >= 15 is 0 Å². The Bertz CT molecular complexity index is 686. The Balaban J connectivity index is 1.73. The van der Waals surface area contributed by atoms with Gasteiger partial charge in [0, 0.05) is 25.3 Å². The number of benzene rings is 1. The molecule has 0 aromatic heterocycles. The SMILES string of the molecule is C[C@@H](C(=O)N(C)[C@@H]1CCS(=O)(=O)C1)N1CCc2ccccc21. The van der Waals surface area contributed by atoms with Gasteiger partial charge in [0.1, 0.15) is 6.04 Å². The number of carbonyl (C=O) groups is 1. The minimum Gasteiger partial charge on any atom is -0.359 e. The third-order valence-electron chi connectivity index (χ3n) is 4.85. The first-order chi connectivity index (χ1) is 10.4. The molecule has 2 heterocycles. The van der Waals surface area contributed by atoms with E-state index in [2.05, 4.69) is 11.0 Å². The van der Waals surface area contributed by atoms with Crippen LogP contribution in [0.4, 0.5) is 5.69 Å². The van der Waals surface area contributed by atoms with Crippen LogP contribution in [0, 0.1) is 0 Å². The number of anilines is 1. The Morgan fingerprint density at radius 3 is 2.77 bits per heavy atom. The van der Waals surface area contributed by atoms with Crippen LogP contribution in [-0.4, -0.2) is 56.4 Å². The summed E-state index contributed by atoms with van der Waals surface area (Å²) in [6.45, 7) is 2.74. The van der Waals surface area contributed by atoms with Crippen molar-refractivity contribution in [2.75, 3.05) is 30.0 Å². The summed E-state index contributed by atoms with van der Waals surface area (Å²) in [4.78, 5) is 16.5. The molecule has 2 aliphatic heterocycles. The summed E-state index contributed by atoms with van der Waals surface area (Å²) in [5, 5.41) is 0. The highest BCUT2D eigenvalue weighted by molar-refractivity contribution is 7.91. The fourth-order valence-electron chi connectivity index (χ4n) is 3.45. The van der Waals surface area contributed by atoms with E-state index in [1.165, 1.54) is 5.56 Å². The van der Waals surface area contributed by atoms with Crippen LogP contribution in [-0.2, 0) is 21.1 Å². The average Bonchev–Trinajstić information content (AvgIpc) is 3.08. The van der Waals surface area contributed by atoms with E-state index in [0.29, 0.717) is 6.42 Å². The number of hydrogen-bond donors (Lipinski definition) is 0. The molecule has 0 saturated carbocycles. The van der Waals surface area contributed by atoms with Crippen LogP contribution in [0.2, 0.25) is 0 Å². The van der Waals surface area contributed by atoms with Crippen molar-refractivity contribution in [2.45, 2.75) is 31.8 Å². The maximum Gasteiger partial charge on any atom is 0.245 e. The molecule has 0 spiro atoms. The molecule has 2 atom stereocenters. The van der Waals surface area contributed by atoms with Crippen LogP contribution < -0.4 is 4.90 Å². The smallest absolute Gasteiger partial charge is 0.245 e. The van der Waals surface area contributed by atoms with Gasteiger partial charge in [0.25, 0.3) is 0 Å². The van der Waals surface area contributed by atoms with E-state index in [9.17, 15) is 13.2 Å². The molecule has 0 unspecified atom stereocenters. The maximum absolute atomic E-state index is 12.7. The van der Waals surface area contributed by atoms with Gasteiger partial charge in [-0.25, -0.2) is 8.42 Å². The Hall–Kier alpha value is -1.56. The topological polar surface area (TPSA) is 57.7 Å². The van der Waals surface area contributed by atoms with Crippen molar-refractivity contribution in [2.24, 2.45) is 0 Å². The molecule has 0 N–H and O–H groups in total. The second-order valence-corrected chi connectivity index (χ2v) is 8.48. The summed E-state index contributed by atoms with van der Waals surface area (Å²) in [6, 6.07) is 7.70. The highest BCUT2D eigenvalue weighted by Crippen LogP contribution is 2.30. The Labute approximate surface area is 131 Å². The van der Waals surface area contributed by atoms with Crippen LogP contribution in [0.3, 0.4) is 0 Å². The van der Waals surface area contributed by atoms with Crippen LogP contribution >= 0.6 is 0 Å². The van der Waals surface area contributed by atoms with Gasteiger partial charge in [-0.3, -0.25) is 4.79 Å². The van der Waals surface area contributed by atoms with Gasteiger partial charge in [-0.15, -0.1) is 0 Å². The minimum atomic E-state index is -2.97. The summed E-state index contributed by atoms with van der Waals surface area (Å²) in [5.74, 6) is 0.285. The maximum atomic E-state index is 12.7. The fourth-order valence-corrected chi connectivity index (χ4v) is 5.23. The normalized spacial score (nSPS) is 24.1. The lowest BCUT2D eigenvalue weighted by molar-refractivity contribution is -0.132. The van der Waals surface area contributed by atoms with Gasteiger partial charge in [-0.05, 0) is 31.4 Å². The zero-order valence-electron chi connectivity index (χ0n) is 13.0. The molecule has 1 fully saturated rings. The minimum absolute atomic E-state index is 0.00111. The average molecular weight is 322 g/mol. The molecule has 5 nitrogen and oxygen atoms in total. The summed E-state index contributed by atoms with van der Waals surface area (Å²) >= 11 is 0. The Morgan fingerprint density at radius 1 is 1.36 bits per heavy atom. The van der Waals surface area contributed by atoms with Gasteiger partial charge in [0.15, 0.2) is 9.84 Å². The predicted molar refractivity (Wildman–Crippen MR) is 86.8 cm³/mol. The number of likely N-dealkylation sites (N-methyl/N-ethyl adjacent to an activating group) is 1. The fraction of sp³-hybridized carbons (Fsp3) is 0.562. The molecule has 6 heteroatoms. The number of fused-ring (bicyclic) bond motifs is 1. The Morgan fingerprint density at radius 2 is 2.09 bits per heavy atom. The zero-order chi connectivity index (χ0) is 15.9. The molecule has 1 amide bonds. The van der Waals surface area contributed by atoms with Gasteiger partial charge >= 0.3 is 0 Å². The van der Waals surface area contributed by atoms with Crippen molar-refractivity contribution in [3.05, 3.63) is 29.8 Å². The summed E-state index contributed by atoms with van der Waals surface area (Å²) in [7, 11) is -1.25. The number of carbonyl (C=O) groups excluding carboxylic acids is 1. The first-order valence-corrected chi connectivity index (χ1v) is 9.53. The molecule has 120 valence electrons. The van der Waals surface area contributed by atoms with Crippen molar-refractivity contribution < 1.29 is 13.2 Å². The molecule has 0 aliphatic carbocycles. The molecule has 1 aromatic carbocycles. The highest BCUT2D eigenvalue weighted by atomic mass is 32.2. The number of amides is 1. The van der Waals surface area contributed by atoms with Gasteiger partial charge in [0.2, 0.25) is 5.91 Å². The lowest BCUT2D eigenvalue weighted by atomic mass is 10.1.